The number of aromatic nitrogens is 1. The van der Waals surface area contributed by atoms with Crippen molar-refractivity contribution >= 4 is 11.8 Å². The van der Waals surface area contributed by atoms with Crippen molar-refractivity contribution in [3.63, 3.8) is 0 Å². The van der Waals surface area contributed by atoms with Crippen molar-refractivity contribution in [2.75, 3.05) is 33.2 Å². The van der Waals surface area contributed by atoms with Gasteiger partial charge >= 0.3 is 0 Å². The minimum atomic E-state index is -0.102. The van der Waals surface area contributed by atoms with Crippen LogP contribution in [0.5, 0.6) is 0 Å². The van der Waals surface area contributed by atoms with Crippen molar-refractivity contribution in [1.29, 1.82) is 0 Å². The lowest BCUT2D eigenvalue weighted by Gasteiger charge is -2.26. The highest BCUT2D eigenvalue weighted by Crippen LogP contribution is 2.31. The summed E-state index contributed by atoms with van der Waals surface area (Å²) < 4.78 is 0. The lowest BCUT2D eigenvalue weighted by molar-refractivity contribution is -0.135. The number of rotatable bonds is 7. The molecule has 23 heavy (non-hydrogen) atoms. The van der Waals surface area contributed by atoms with E-state index >= 15 is 0 Å². The van der Waals surface area contributed by atoms with Gasteiger partial charge in [-0.25, -0.2) is 0 Å². The zero-order valence-corrected chi connectivity index (χ0v) is 14.0. The number of hydrogen-bond acceptors (Lipinski definition) is 4. The average molecular weight is 318 g/mol. The fourth-order valence-electron chi connectivity index (χ4n) is 2.90. The summed E-state index contributed by atoms with van der Waals surface area (Å²) in [6.45, 7) is 4.03. The predicted molar refractivity (Wildman–Crippen MR) is 88.7 cm³/mol. The van der Waals surface area contributed by atoms with E-state index in [0.717, 1.165) is 25.8 Å². The minimum Gasteiger partial charge on any atom is -0.355 e. The molecule has 2 rings (SSSR count). The summed E-state index contributed by atoms with van der Waals surface area (Å²) in [5.41, 5.74) is 1.20. The Balaban J connectivity index is 1.87. The molecule has 1 aliphatic heterocycles. The molecule has 1 atom stereocenters. The first-order valence-corrected chi connectivity index (χ1v) is 8.26. The van der Waals surface area contributed by atoms with Crippen LogP contribution in [0.25, 0.3) is 0 Å². The first-order valence-electron chi connectivity index (χ1n) is 8.26. The summed E-state index contributed by atoms with van der Waals surface area (Å²) in [6.07, 6.45) is 6.61. The van der Waals surface area contributed by atoms with E-state index in [9.17, 15) is 9.59 Å². The molecule has 0 aromatic carbocycles. The molecule has 1 aliphatic rings. The second-order valence-electron chi connectivity index (χ2n) is 6.01. The van der Waals surface area contributed by atoms with Gasteiger partial charge in [-0.2, -0.15) is 0 Å². The molecule has 6 nitrogen and oxygen atoms in total. The number of nitrogens with one attached hydrogen (secondary N) is 1. The number of pyridine rings is 1. The van der Waals surface area contributed by atoms with Gasteiger partial charge in [-0.3, -0.25) is 19.5 Å². The summed E-state index contributed by atoms with van der Waals surface area (Å²) in [4.78, 5) is 31.8. The van der Waals surface area contributed by atoms with Crippen molar-refractivity contribution in [1.82, 2.24) is 20.1 Å². The van der Waals surface area contributed by atoms with E-state index in [4.69, 9.17) is 0 Å². The van der Waals surface area contributed by atoms with Crippen molar-refractivity contribution < 1.29 is 9.59 Å². The number of amides is 2. The lowest BCUT2D eigenvalue weighted by Crippen LogP contribution is -2.43. The Labute approximate surface area is 137 Å². The van der Waals surface area contributed by atoms with E-state index < -0.39 is 0 Å². The summed E-state index contributed by atoms with van der Waals surface area (Å²) in [5, 5.41) is 2.79. The minimum absolute atomic E-state index is 0.0161. The molecular formula is C17H26N4O2. The van der Waals surface area contributed by atoms with Crippen LogP contribution in [0.3, 0.4) is 0 Å². The van der Waals surface area contributed by atoms with E-state index in [1.54, 1.807) is 19.4 Å². The third-order valence-electron chi connectivity index (χ3n) is 4.17. The van der Waals surface area contributed by atoms with Gasteiger partial charge in [-0.05, 0) is 43.5 Å². The summed E-state index contributed by atoms with van der Waals surface area (Å²) in [7, 11) is 1.69. The van der Waals surface area contributed by atoms with Crippen molar-refractivity contribution in [2.45, 2.75) is 32.2 Å². The van der Waals surface area contributed by atoms with E-state index in [1.165, 1.54) is 10.5 Å². The molecule has 6 heteroatoms. The van der Waals surface area contributed by atoms with Gasteiger partial charge in [0, 0.05) is 32.0 Å². The zero-order valence-electron chi connectivity index (χ0n) is 14.0. The predicted octanol–water partition coefficient (Wildman–Crippen LogP) is 1.20. The van der Waals surface area contributed by atoms with Gasteiger partial charge in [-0.1, -0.05) is 6.92 Å². The van der Waals surface area contributed by atoms with Crippen LogP contribution in [0.2, 0.25) is 0 Å². The van der Waals surface area contributed by atoms with Gasteiger partial charge in [-0.15, -0.1) is 0 Å². The Hall–Kier alpha value is -1.95. The number of nitrogens with zero attached hydrogens (tertiary/aromatic N) is 3. The summed E-state index contributed by atoms with van der Waals surface area (Å²) in [6, 6.07) is 4.29. The van der Waals surface area contributed by atoms with E-state index in [0.29, 0.717) is 13.1 Å². The van der Waals surface area contributed by atoms with E-state index in [2.05, 4.69) is 15.2 Å². The summed E-state index contributed by atoms with van der Waals surface area (Å²) >= 11 is 0. The largest absolute Gasteiger partial charge is 0.355 e. The number of likely N-dealkylation sites (tertiary alicyclic amines) is 1. The van der Waals surface area contributed by atoms with Crippen molar-refractivity contribution in [3.8, 4) is 0 Å². The molecule has 1 fully saturated rings. The maximum Gasteiger partial charge on any atom is 0.239 e. The van der Waals surface area contributed by atoms with Gasteiger partial charge in [0.25, 0.3) is 0 Å². The molecule has 0 saturated carbocycles. The topological polar surface area (TPSA) is 65.5 Å². The monoisotopic (exact) mass is 318 g/mol. The first-order chi connectivity index (χ1) is 11.1. The number of hydrogen-bond donors (Lipinski definition) is 1. The Kier molecular flexibility index (Phi) is 6.52. The van der Waals surface area contributed by atoms with Crippen LogP contribution in [-0.2, 0) is 9.59 Å². The van der Waals surface area contributed by atoms with Gasteiger partial charge < -0.3 is 10.2 Å². The average Bonchev–Trinajstić information content (AvgIpc) is 3.01. The fraction of sp³-hybridized carbons (Fsp3) is 0.588. The molecule has 1 aromatic rings. The molecule has 0 bridgehead atoms. The van der Waals surface area contributed by atoms with Crippen LogP contribution < -0.4 is 5.32 Å². The highest BCUT2D eigenvalue weighted by Gasteiger charge is 2.28. The van der Waals surface area contributed by atoms with Crippen LogP contribution in [0.1, 0.15) is 37.8 Å². The Bertz CT molecular complexity index is 521. The lowest BCUT2D eigenvalue weighted by atomic mass is 10.1. The highest BCUT2D eigenvalue weighted by atomic mass is 16.2. The molecule has 1 N–H and O–H groups in total. The molecule has 1 aromatic heterocycles. The zero-order chi connectivity index (χ0) is 16.7. The molecule has 0 unspecified atom stereocenters. The van der Waals surface area contributed by atoms with Crippen molar-refractivity contribution in [2.24, 2.45) is 0 Å². The molecule has 0 spiro atoms. The SMILES string of the molecule is CCCNC(=O)CN(C)C(=O)CN1CCC[C@H]1c1ccncc1. The number of carbonyl (C=O) groups is 2. The second-order valence-corrected chi connectivity index (χ2v) is 6.01. The van der Waals surface area contributed by atoms with Gasteiger partial charge in [0.05, 0.1) is 13.1 Å². The maximum absolute atomic E-state index is 12.4. The number of carbonyl (C=O) groups excluding carboxylic acids is 2. The molecule has 126 valence electrons. The molecule has 0 aliphatic carbocycles. The third-order valence-corrected chi connectivity index (χ3v) is 4.17. The molecule has 1 saturated heterocycles. The van der Waals surface area contributed by atoms with Crippen molar-refractivity contribution in [3.05, 3.63) is 30.1 Å². The van der Waals surface area contributed by atoms with Gasteiger partial charge in [0.15, 0.2) is 0 Å². The van der Waals surface area contributed by atoms with E-state index in [-0.39, 0.29) is 24.4 Å². The molecular weight excluding hydrogens is 292 g/mol. The standard InChI is InChI=1S/C17H26N4O2/c1-3-8-19-16(22)12-20(2)17(23)13-21-11-4-5-15(21)14-6-9-18-10-7-14/h6-7,9-10,15H,3-5,8,11-13H2,1-2H3,(H,19,22)/t15-/m0/s1. The maximum atomic E-state index is 12.4. The Morgan fingerprint density at radius 2 is 2.13 bits per heavy atom. The smallest absolute Gasteiger partial charge is 0.239 e. The van der Waals surface area contributed by atoms with Crippen LogP contribution in [-0.4, -0.2) is 59.8 Å². The molecule has 2 amide bonds. The molecule has 2 heterocycles. The van der Waals surface area contributed by atoms with Crippen LogP contribution in [0.4, 0.5) is 0 Å². The number of likely N-dealkylation sites (N-methyl/N-ethyl adjacent to an activating group) is 1. The van der Waals surface area contributed by atoms with Gasteiger partial charge in [0.1, 0.15) is 0 Å². The fourth-order valence-corrected chi connectivity index (χ4v) is 2.90. The summed E-state index contributed by atoms with van der Waals surface area (Å²) in [5.74, 6) is -0.118. The Morgan fingerprint density at radius 1 is 1.39 bits per heavy atom. The molecule has 0 radical (unpaired) electrons. The third kappa shape index (κ3) is 5.03. The normalized spacial score (nSPS) is 17.9. The van der Waals surface area contributed by atoms with E-state index in [1.807, 2.05) is 19.1 Å². The van der Waals surface area contributed by atoms with Gasteiger partial charge in [0.2, 0.25) is 11.8 Å². The van der Waals surface area contributed by atoms with Crippen LogP contribution in [0.15, 0.2) is 24.5 Å². The first kappa shape index (κ1) is 17.4. The highest BCUT2D eigenvalue weighted by molar-refractivity contribution is 5.85. The van der Waals surface area contributed by atoms with Crippen LogP contribution in [0, 0.1) is 0 Å². The Morgan fingerprint density at radius 3 is 2.83 bits per heavy atom. The van der Waals surface area contributed by atoms with Crippen LogP contribution >= 0.6 is 0 Å². The second kappa shape index (κ2) is 8.62. The quantitative estimate of drug-likeness (QED) is 0.820.